The van der Waals surface area contributed by atoms with Crippen LogP contribution < -0.4 is 0 Å². The standard InChI is InChI=1S/C9H11NO3S/c1-13-6-7-3-4-8(10(11)12)9(5-7)14-2/h3-5H,6H2,1-2H3. The molecule has 0 saturated carbocycles. The monoisotopic (exact) mass is 213 g/mol. The third-order valence-corrected chi connectivity index (χ3v) is 2.52. The van der Waals surface area contributed by atoms with Gasteiger partial charge in [-0.1, -0.05) is 0 Å². The fourth-order valence-electron chi connectivity index (χ4n) is 1.13. The molecule has 5 heteroatoms. The summed E-state index contributed by atoms with van der Waals surface area (Å²) in [4.78, 5) is 10.9. The molecule has 0 radical (unpaired) electrons. The molecule has 0 aliphatic heterocycles. The fraction of sp³-hybridized carbons (Fsp3) is 0.333. The smallest absolute Gasteiger partial charge is 0.282 e. The molecule has 1 rings (SSSR count). The third kappa shape index (κ3) is 2.46. The van der Waals surface area contributed by atoms with Gasteiger partial charge in [0.1, 0.15) is 0 Å². The zero-order chi connectivity index (χ0) is 10.6. The van der Waals surface area contributed by atoms with Crippen LogP contribution in [0.1, 0.15) is 5.56 Å². The van der Waals surface area contributed by atoms with E-state index in [-0.39, 0.29) is 10.6 Å². The lowest BCUT2D eigenvalue weighted by molar-refractivity contribution is -0.387. The molecule has 76 valence electrons. The topological polar surface area (TPSA) is 52.4 Å². The number of nitro groups is 1. The van der Waals surface area contributed by atoms with Crippen molar-refractivity contribution in [1.82, 2.24) is 0 Å². The minimum absolute atomic E-state index is 0.150. The average Bonchev–Trinajstić information content (AvgIpc) is 2.17. The molecule has 14 heavy (non-hydrogen) atoms. The van der Waals surface area contributed by atoms with E-state index in [0.29, 0.717) is 11.5 Å². The molecule has 1 aromatic rings. The molecule has 0 heterocycles. The summed E-state index contributed by atoms with van der Waals surface area (Å²) in [5, 5.41) is 10.6. The molecule has 0 aliphatic carbocycles. The first-order chi connectivity index (χ1) is 6.69. The molecule has 0 spiro atoms. The summed E-state index contributed by atoms with van der Waals surface area (Å²) in [6.07, 6.45) is 1.82. The largest absolute Gasteiger partial charge is 0.380 e. The van der Waals surface area contributed by atoms with Gasteiger partial charge in [-0.25, -0.2) is 0 Å². The van der Waals surface area contributed by atoms with Crippen molar-refractivity contribution in [2.75, 3.05) is 13.4 Å². The normalized spacial score (nSPS) is 10.1. The van der Waals surface area contributed by atoms with E-state index in [0.717, 1.165) is 5.56 Å². The van der Waals surface area contributed by atoms with Gasteiger partial charge in [-0.3, -0.25) is 10.1 Å². The van der Waals surface area contributed by atoms with E-state index in [1.165, 1.54) is 17.8 Å². The number of benzene rings is 1. The highest BCUT2D eigenvalue weighted by Gasteiger charge is 2.12. The van der Waals surface area contributed by atoms with Crippen LogP contribution in [0.4, 0.5) is 5.69 Å². The summed E-state index contributed by atoms with van der Waals surface area (Å²) >= 11 is 1.37. The number of hydrogen-bond acceptors (Lipinski definition) is 4. The van der Waals surface area contributed by atoms with E-state index in [1.807, 2.05) is 6.26 Å². The predicted octanol–water partition coefficient (Wildman–Crippen LogP) is 2.46. The Morgan fingerprint density at radius 2 is 2.29 bits per heavy atom. The van der Waals surface area contributed by atoms with E-state index in [4.69, 9.17) is 4.74 Å². The lowest BCUT2D eigenvalue weighted by atomic mass is 10.2. The number of rotatable bonds is 4. The van der Waals surface area contributed by atoms with Crippen molar-refractivity contribution in [3.63, 3.8) is 0 Å². The Kier molecular flexibility index (Phi) is 3.91. The fourth-order valence-corrected chi connectivity index (χ4v) is 1.75. The Morgan fingerprint density at radius 3 is 2.79 bits per heavy atom. The Bertz CT molecular complexity index is 341. The summed E-state index contributed by atoms with van der Waals surface area (Å²) in [5.74, 6) is 0. The number of nitro benzene ring substituents is 1. The maximum Gasteiger partial charge on any atom is 0.282 e. The van der Waals surface area contributed by atoms with Crippen molar-refractivity contribution in [3.05, 3.63) is 33.9 Å². The molecule has 0 aliphatic rings. The van der Waals surface area contributed by atoms with Crippen LogP contribution in [0.2, 0.25) is 0 Å². The van der Waals surface area contributed by atoms with Crippen LogP contribution in [-0.2, 0) is 11.3 Å². The number of methoxy groups -OCH3 is 1. The van der Waals surface area contributed by atoms with Gasteiger partial charge in [0, 0.05) is 13.2 Å². The van der Waals surface area contributed by atoms with Crippen LogP contribution in [0.25, 0.3) is 0 Å². The van der Waals surface area contributed by atoms with Crippen molar-refractivity contribution >= 4 is 17.4 Å². The van der Waals surface area contributed by atoms with Gasteiger partial charge in [0.05, 0.1) is 16.4 Å². The Balaban J connectivity index is 3.05. The Morgan fingerprint density at radius 1 is 1.57 bits per heavy atom. The summed E-state index contributed by atoms with van der Waals surface area (Å²) in [5.41, 5.74) is 1.10. The summed E-state index contributed by atoms with van der Waals surface area (Å²) in [6.45, 7) is 0.478. The van der Waals surface area contributed by atoms with Crippen molar-refractivity contribution in [2.24, 2.45) is 0 Å². The van der Waals surface area contributed by atoms with E-state index in [9.17, 15) is 10.1 Å². The zero-order valence-corrected chi connectivity index (χ0v) is 8.84. The van der Waals surface area contributed by atoms with Crippen molar-refractivity contribution in [3.8, 4) is 0 Å². The lowest BCUT2D eigenvalue weighted by Crippen LogP contribution is -1.93. The third-order valence-electron chi connectivity index (χ3n) is 1.75. The van der Waals surface area contributed by atoms with Crippen LogP contribution in [0, 0.1) is 10.1 Å². The van der Waals surface area contributed by atoms with Gasteiger partial charge >= 0.3 is 0 Å². The van der Waals surface area contributed by atoms with Crippen LogP contribution in [0.5, 0.6) is 0 Å². The second kappa shape index (κ2) is 4.97. The highest BCUT2D eigenvalue weighted by Crippen LogP contribution is 2.28. The Labute approximate surface area is 86.4 Å². The molecule has 1 aromatic carbocycles. The number of ether oxygens (including phenoxy) is 1. The second-order valence-corrected chi connectivity index (χ2v) is 3.54. The molecule has 0 atom stereocenters. The van der Waals surface area contributed by atoms with E-state index >= 15 is 0 Å². The van der Waals surface area contributed by atoms with Gasteiger partial charge in [0.2, 0.25) is 0 Å². The van der Waals surface area contributed by atoms with Gasteiger partial charge in [-0.2, -0.15) is 0 Å². The molecule has 0 saturated heterocycles. The molecule has 0 aromatic heterocycles. The SMILES string of the molecule is COCc1ccc([N+](=O)[O-])c(SC)c1. The molecule has 0 N–H and O–H groups in total. The van der Waals surface area contributed by atoms with Gasteiger partial charge in [0.15, 0.2) is 0 Å². The molecule has 0 amide bonds. The number of hydrogen-bond donors (Lipinski definition) is 0. The van der Waals surface area contributed by atoms with E-state index < -0.39 is 0 Å². The molecular formula is C9H11NO3S. The first-order valence-electron chi connectivity index (χ1n) is 3.99. The minimum Gasteiger partial charge on any atom is -0.380 e. The highest BCUT2D eigenvalue weighted by molar-refractivity contribution is 7.98. The van der Waals surface area contributed by atoms with Crippen molar-refractivity contribution in [1.29, 1.82) is 0 Å². The highest BCUT2D eigenvalue weighted by atomic mass is 32.2. The molecule has 0 fully saturated rings. The van der Waals surface area contributed by atoms with Crippen LogP contribution in [-0.4, -0.2) is 18.3 Å². The molecule has 0 unspecified atom stereocenters. The Hall–Kier alpha value is -1.07. The van der Waals surface area contributed by atoms with Crippen molar-refractivity contribution < 1.29 is 9.66 Å². The predicted molar refractivity (Wildman–Crippen MR) is 55.6 cm³/mol. The van der Waals surface area contributed by atoms with Gasteiger partial charge in [-0.05, 0) is 24.0 Å². The van der Waals surface area contributed by atoms with E-state index in [1.54, 1.807) is 19.2 Å². The lowest BCUT2D eigenvalue weighted by Gasteiger charge is -2.03. The van der Waals surface area contributed by atoms with Crippen LogP contribution in [0.3, 0.4) is 0 Å². The second-order valence-electron chi connectivity index (χ2n) is 2.70. The first kappa shape index (κ1) is 11.0. The quantitative estimate of drug-likeness (QED) is 0.438. The minimum atomic E-state index is -0.373. The van der Waals surface area contributed by atoms with Gasteiger partial charge in [0.25, 0.3) is 5.69 Å². The number of thioether (sulfide) groups is 1. The molecule has 0 bridgehead atoms. The van der Waals surface area contributed by atoms with Crippen molar-refractivity contribution in [2.45, 2.75) is 11.5 Å². The summed E-state index contributed by atoms with van der Waals surface area (Å²) in [7, 11) is 1.60. The maximum atomic E-state index is 10.6. The molecular weight excluding hydrogens is 202 g/mol. The van der Waals surface area contributed by atoms with Gasteiger partial charge < -0.3 is 4.74 Å². The zero-order valence-electron chi connectivity index (χ0n) is 8.02. The summed E-state index contributed by atoms with van der Waals surface area (Å²) in [6, 6.07) is 5.01. The maximum absolute atomic E-state index is 10.6. The average molecular weight is 213 g/mol. The van der Waals surface area contributed by atoms with E-state index in [2.05, 4.69) is 0 Å². The number of nitrogens with zero attached hydrogens (tertiary/aromatic N) is 1. The first-order valence-corrected chi connectivity index (χ1v) is 5.21. The summed E-state index contributed by atoms with van der Waals surface area (Å²) < 4.78 is 4.95. The van der Waals surface area contributed by atoms with Crippen LogP contribution in [0.15, 0.2) is 23.1 Å². The van der Waals surface area contributed by atoms with Crippen LogP contribution >= 0.6 is 11.8 Å². The van der Waals surface area contributed by atoms with Gasteiger partial charge in [-0.15, -0.1) is 11.8 Å². The molecule has 4 nitrogen and oxygen atoms in total.